The van der Waals surface area contributed by atoms with Crippen LogP contribution in [0, 0.1) is 5.41 Å². The van der Waals surface area contributed by atoms with E-state index in [-0.39, 0.29) is 28.7 Å². The summed E-state index contributed by atoms with van der Waals surface area (Å²) in [5, 5.41) is 3.11. The van der Waals surface area contributed by atoms with Crippen molar-refractivity contribution in [3.63, 3.8) is 0 Å². The third kappa shape index (κ3) is 8.69. The summed E-state index contributed by atoms with van der Waals surface area (Å²) in [5.41, 5.74) is -0.665. The van der Waals surface area contributed by atoms with E-state index in [1.165, 1.54) is 0 Å². The van der Waals surface area contributed by atoms with Crippen molar-refractivity contribution in [2.75, 3.05) is 11.9 Å². The average molecular weight is 350 g/mol. The third-order valence-corrected chi connectivity index (χ3v) is 3.55. The van der Waals surface area contributed by atoms with Crippen LogP contribution >= 0.6 is 15.9 Å². The molecule has 118 valence electrons. The smallest absolute Gasteiger partial charge is 0.230 e. The van der Waals surface area contributed by atoms with Gasteiger partial charge in [0.1, 0.15) is 5.78 Å². The van der Waals surface area contributed by atoms with Gasteiger partial charge in [-0.1, -0.05) is 36.7 Å². The lowest BCUT2D eigenvalue weighted by Gasteiger charge is -2.28. The minimum atomic E-state index is -0.367. The largest absolute Gasteiger partial charge is 0.373 e. The maximum Gasteiger partial charge on any atom is 0.230 e. The third-order valence-electron chi connectivity index (χ3n) is 3.04. The molecule has 0 aliphatic heterocycles. The highest BCUT2D eigenvalue weighted by Gasteiger charge is 2.26. The Balaban J connectivity index is 4.13. The van der Waals surface area contributed by atoms with E-state index >= 15 is 0 Å². The lowest BCUT2D eigenvalue weighted by atomic mass is 9.86. The molecule has 1 amide bonds. The second-order valence-electron chi connectivity index (χ2n) is 6.85. The van der Waals surface area contributed by atoms with Gasteiger partial charge in [0.05, 0.1) is 17.5 Å². The zero-order valence-electron chi connectivity index (χ0n) is 13.5. The van der Waals surface area contributed by atoms with Gasteiger partial charge in [0.25, 0.3) is 0 Å². The van der Waals surface area contributed by atoms with E-state index in [4.69, 9.17) is 4.74 Å². The minimum Gasteiger partial charge on any atom is -0.373 e. The van der Waals surface area contributed by atoms with Crippen molar-refractivity contribution < 1.29 is 14.3 Å². The first kappa shape index (κ1) is 19.6. The van der Waals surface area contributed by atoms with Gasteiger partial charge >= 0.3 is 0 Å². The van der Waals surface area contributed by atoms with Gasteiger partial charge in [0.2, 0.25) is 5.91 Å². The number of ketones is 1. The van der Waals surface area contributed by atoms with Crippen LogP contribution in [0.5, 0.6) is 0 Å². The summed E-state index contributed by atoms with van der Waals surface area (Å²) in [4.78, 5) is 23.1. The molecule has 0 rings (SSSR count). The summed E-state index contributed by atoms with van der Waals surface area (Å²) in [5.74, 6) is 0.191. The van der Waals surface area contributed by atoms with Gasteiger partial charge in [-0.3, -0.25) is 9.59 Å². The van der Waals surface area contributed by atoms with Gasteiger partial charge in [0, 0.05) is 17.9 Å². The number of hydrogen-bond acceptors (Lipinski definition) is 3. The van der Waals surface area contributed by atoms with Crippen LogP contribution in [0.2, 0.25) is 0 Å². The molecule has 0 aliphatic rings. The zero-order valence-corrected chi connectivity index (χ0v) is 15.1. The fourth-order valence-corrected chi connectivity index (χ4v) is 1.73. The van der Waals surface area contributed by atoms with Crippen LogP contribution in [0.25, 0.3) is 0 Å². The van der Waals surface area contributed by atoms with Crippen molar-refractivity contribution in [2.24, 2.45) is 5.41 Å². The molecule has 0 radical (unpaired) electrons. The standard InChI is InChI=1S/C15H28BrNO3/c1-11(17-13(19)9-16)10-20-15(5,6)8-7-12(18)14(2,3)4/h11H,7-10H2,1-6H3,(H,17,19). The molecule has 0 aliphatic carbocycles. The van der Waals surface area contributed by atoms with E-state index in [9.17, 15) is 9.59 Å². The van der Waals surface area contributed by atoms with Crippen LogP contribution in [0.1, 0.15) is 54.4 Å². The Morgan fingerprint density at radius 2 is 1.75 bits per heavy atom. The number of amides is 1. The van der Waals surface area contributed by atoms with Crippen molar-refractivity contribution in [2.45, 2.75) is 66.0 Å². The molecule has 0 saturated heterocycles. The summed E-state index contributed by atoms with van der Waals surface area (Å²) in [6.45, 7) is 12.1. The Kier molecular flexibility index (Phi) is 7.96. The molecule has 0 aromatic heterocycles. The molecule has 0 heterocycles. The van der Waals surface area contributed by atoms with Gasteiger partial charge in [0.15, 0.2) is 0 Å². The summed E-state index contributed by atoms with van der Waals surface area (Å²) in [6.07, 6.45) is 1.20. The molecule has 0 fully saturated rings. The maximum absolute atomic E-state index is 11.9. The van der Waals surface area contributed by atoms with E-state index in [1.807, 2.05) is 41.5 Å². The van der Waals surface area contributed by atoms with Gasteiger partial charge in [-0.2, -0.15) is 0 Å². The Labute approximate surface area is 131 Å². The quantitative estimate of drug-likeness (QED) is 0.685. The number of carbonyl (C=O) groups excluding carboxylic acids is 2. The number of nitrogens with one attached hydrogen (secondary N) is 1. The molecule has 0 spiro atoms. The number of alkyl halides is 1. The Morgan fingerprint density at radius 3 is 2.20 bits per heavy atom. The van der Waals surface area contributed by atoms with E-state index in [0.29, 0.717) is 24.8 Å². The lowest BCUT2D eigenvalue weighted by Crippen LogP contribution is -2.39. The molecule has 0 aromatic rings. The predicted octanol–water partition coefficient (Wildman–Crippen LogP) is 3.08. The molecular weight excluding hydrogens is 322 g/mol. The van der Waals surface area contributed by atoms with E-state index in [2.05, 4.69) is 21.2 Å². The predicted molar refractivity (Wildman–Crippen MR) is 85.1 cm³/mol. The van der Waals surface area contributed by atoms with Crippen molar-refractivity contribution in [3.05, 3.63) is 0 Å². The number of hydrogen-bond donors (Lipinski definition) is 1. The summed E-state index contributed by atoms with van der Waals surface area (Å²) < 4.78 is 5.82. The van der Waals surface area contributed by atoms with Crippen LogP contribution in [0.3, 0.4) is 0 Å². The highest BCUT2D eigenvalue weighted by molar-refractivity contribution is 9.09. The highest BCUT2D eigenvalue weighted by atomic mass is 79.9. The number of ether oxygens (including phenoxy) is 1. The van der Waals surface area contributed by atoms with Crippen LogP contribution in [-0.2, 0) is 14.3 Å². The number of carbonyl (C=O) groups is 2. The van der Waals surface area contributed by atoms with Crippen LogP contribution in [-0.4, -0.2) is 35.3 Å². The molecule has 1 N–H and O–H groups in total. The fraction of sp³-hybridized carbons (Fsp3) is 0.867. The molecular formula is C15H28BrNO3. The first-order valence-corrected chi connectivity index (χ1v) is 8.12. The molecule has 0 bridgehead atoms. The molecule has 0 saturated carbocycles. The van der Waals surface area contributed by atoms with Crippen molar-refractivity contribution in [3.8, 4) is 0 Å². The number of Topliss-reactive ketones (excluding diaryl/α,β-unsaturated/α-hetero) is 1. The Bertz CT molecular complexity index is 335. The van der Waals surface area contributed by atoms with Crippen LogP contribution in [0.15, 0.2) is 0 Å². The summed E-state index contributed by atoms with van der Waals surface area (Å²) >= 11 is 3.10. The first-order chi connectivity index (χ1) is 8.98. The van der Waals surface area contributed by atoms with Gasteiger partial charge in [-0.05, 0) is 27.2 Å². The minimum absolute atomic E-state index is 0.0438. The van der Waals surface area contributed by atoms with E-state index in [1.54, 1.807) is 0 Å². The van der Waals surface area contributed by atoms with E-state index in [0.717, 1.165) is 0 Å². The molecule has 20 heavy (non-hydrogen) atoms. The lowest BCUT2D eigenvalue weighted by molar-refractivity contribution is -0.128. The monoisotopic (exact) mass is 349 g/mol. The van der Waals surface area contributed by atoms with Crippen LogP contribution in [0.4, 0.5) is 0 Å². The molecule has 1 atom stereocenters. The molecule has 5 heteroatoms. The molecule has 4 nitrogen and oxygen atoms in total. The van der Waals surface area contributed by atoms with Gasteiger partial charge in [-0.15, -0.1) is 0 Å². The second-order valence-corrected chi connectivity index (χ2v) is 7.41. The Morgan fingerprint density at radius 1 is 1.20 bits per heavy atom. The van der Waals surface area contributed by atoms with Gasteiger partial charge in [-0.25, -0.2) is 0 Å². The normalized spacial score (nSPS) is 13.9. The average Bonchev–Trinajstić information content (AvgIpc) is 2.32. The van der Waals surface area contributed by atoms with Crippen molar-refractivity contribution in [1.29, 1.82) is 0 Å². The highest BCUT2D eigenvalue weighted by Crippen LogP contribution is 2.23. The fourth-order valence-electron chi connectivity index (χ4n) is 1.57. The van der Waals surface area contributed by atoms with Crippen molar-refractivity contribution >= 4 is 27.6 Å². The zero-order chi connectivity index (χ0) is 16.0. The van der Waals surface area contributed by atoms with Gasteiger partial charge < -0.3 is 10.1 Å². The maximum atomic E-state index is 11.9. The molecule has 0 aromatic carbocycles. The molecule has 1 unspecified atom stereocenters. The SMILES string of the molecule is CC(COC(C)(C)CCC(=O)C(C)(C)C)NC(=O)CBr. The summed E-state index contributed by atoms with van der Waals surface area (Å²) in [6, 6.07) is -0.0438. The van der Waals surface area contributed by atoms with Crippen LogP contribution < -0.4 is 5.32 Å². The summed E-state index contributed by atoms with van der Waals surface area (Å²) in [7, 11) is 0. The topological polar surface area (TPSA) is 55.4 Å². The number of halogens is 1. The first-order valence-electron chi connectivity index (χ1n) is 7.00. The number of rotatable bonds is 8. The van der Waals surface area contributed by atoms with Crippen molar-refractivity contribution in [1.82, 2.24) is 5.32 Å². The van der Waals surface area contributed by atoms with E-state index < -0.39 is 0 Å². The Hall–Kier alpha value is -0.420. The second kappa shape index (κ2) is 8.13.